The molecule has 0 aromatic heterocycles. The lowest BCUT2D eigenvalue weighted by molar-refractivity contribution is 0.109. The predicted octanol–water partition coefficient (Wildman–Crippen LogP) is 2.99. The van der Waals surface area contributed by atoms with Crippen LogP contribution in [0.4, 0.5) is 0 Å². The largest absolute Gasteiger partial charge is 0.495 e. The molecule has 4 heteroatoms. The summed E-state index contributed by atoms with van der Waals surface area (Å²) in [5, 5.41) is 14.0. The van der Waals surface area contributed by atoms with Crippen molar-refractivity contribution in [3.05, 3.63) is 28.8 Å². The summed E-state index contributed by atoms with van der Waals surface area (Å²) in [5.41, 5.74) is 1.10. The highest BCUT2D eigenvalue weighted by molar-refractivity contribution is 6.32. The van der Waals surface area contributed by atoms with Gasteiger partial charge in [0, 0.05) is 13.1 Å². The Morgan fingerprint density at radius 2 is 2.16 bits per heavy atom. The van der Waals surface area contributed by atoms with Gasteiger partial charge in [-0.05, 0) is 36.5 Å². The van der Waals surface area contributed by atoms with Crippen LogP contribution < -0.4 is 10.1 Å². The first-order chi connectivity index (χ1) is 9.20. The van der Waals surface area contributed by atoms with Gasteiger partial charge in [0.05, 0.1) is 18.2 Å². The van der Waals surface area contributed by atoms with Gasteiger partial charge in [-0.2, -0.15) is 0 Å². The number of aliphatic hydroxyl groups excluding tert-OH is 1. The first kappa shape index (κ1) is 14.6. The highest BCUT2D eigenvalue weighted by Gasteiger charge is 2.22. The van der Waals surface area contributed by atoms with Crippen molar-refractivity contribution in [2.75, 3.05) is 13.7 Å². The normalized spacial score (nSPS) is 17.6. The van der Waals surface area contributed by atoms with Gasteiger partial charge in [-0.1, -0.05) is 30.5 Å². The van der Waals surface area contributed by atoms with Crippen molar-refractivity contribution >= 4 is 11.6 Å². The summed E-state index contributed by atoms with van der Waals surface area (Å²) in [6.45, 7) is 1.36. The molecule has 19 heavy (non-hydrogen) atoms. The molecule has 0 saturated heterocycles. The van der Waals surface area contributed by atoms with E-state index in [4.69, 9.17) is 16.3 Å². The van der Waals surface area contributed by atoms with Gasteiger partial charge >= 0.3 is 0 Å². The fourth-order valence-corrected chi connectivity index (χ4v) is 2.97. The van der Waals surface area contributed by atoms with Crippen molar-refractivity contribution in [2.24, 2.45) is 5.92 Å². The molecule has 3 nitrogen and oxygen atoms in total. The summed E-state index contributed by atoms with van der Waals surface area (Å²) < 4.78 is 5.12. The average molecular weight is 284 g/mol. The van der Waals surface area contributed by atoms with Gasteiger partial charge in [-0.3, -0.25) is 0 Å². The molecule has 1 aromatic rings. The fourth-order valence-electron chi connectivity index (χ4n) is 2.69. The Labute approximate surface area is 119 Å². The summed E-state index contributed by atoms with van der Waals surface area (Å²) in [4.78, 5) is 0. The van der Waals surface area contributed by atoms with E-state index < -0.39 is 0 Å². The molecule has 1 saturated carbocycles. The van der Waals surface area contributed by atoms with Crippen LogP contribution in [0.1, 0.15) is 31.2 Å². The highest BCUT2D eigenvalue weighted by Crippen LogP contribution is 2.27. The maximum Gasteiger partial charge on any atom is 0.137 e. The van der Waals surface area contributed by atoms with Crippen LogP contribution in [0, 0.1) is 5.92 Å². The minimum absolute atomic E-state index is 0.226. The molecular weight excluding hydrogens is 262 g/mol. The minimum Gasteiger partial charge on any atom is -0.495 e. The summed E-state index contributed by atoms with van der Waals surface area (Å²) in [7, 11) is 1.61. The van der Waals surface area contributed by atoms with E-state index >= 15 is 0 Å². The van der Waals surface area contributed by atoms with Crippen molar-refractivity contribution in [1.82, 2.24) is 5.32 Å². The number of aliphatic hydroxyl groups is 1. The maximum absolute atomic E-state index is 10.1. The van der Waals surface area contributed by atoms with Gasteiger partial charge in [0.25, 0.3) is 0 Å². The van der Waals surface area contributed by atoms with Gasteiger partial charge < -0.3 is 15.2 Å². The Bertz CT molecular complexity index is 405. The lowest BCUT2D eigenvalue weighted by Crippen LogP contribution is -2.31. The van der Waals surface area contributed by atoms with E-state index in [1.54, 1.807) is 7.11 Å². The van der Waals surface area contributed by atoms with E-state index in [9.17, 15) is 5.11 Å². The second kappa shape index (κ2) is 7.13. The molecule has 2 N–H and O–H groups in total. The van der Waals surface area contributed by atoms with Crippen molar-refractivity contribution in [1.29, 1.82) is 0 Å². The minimum atomic E-state index is -0.226. The van der Waals surface area contributed by atoms with Crippen LogP contribution in [0.15, 0.2) is 18.2 Å². The summed E-state index contributed by atoms with van der Waals surface area (Å²) in [5.74, 6) is 1.17. The lowest BCUT2D eigenvalue weighted by atomic mass is 10.0. The molecule has 2 rings (SSSR count). The Balaban J connectivity index is 1.77. The Morgan fingerprint density at radius 1 is 1.42 bits per heavy atom. The third-order valence-electron chi connectivity index (χ3n) is 3.84. The van der Waals surface area contributed by atoms with E-state index in [2.05, 4.69) is 5.32 Å². The first-order valence-corrected chi connectivity index (χ1v) is 7.29. The Hall–Kier alpha value is -0.770. The monoisotopic (exact) mass is 283 g/mol. The molecule has 0 spiro atoms. The molecule has 1 aliphatic rings. The standard InChI is InChI=1S/C15H22ClNO2/c1-19-15-7-6-11(8-13(15)16)9-17-10-14(18)12-4-2-3-5-12/h6-8,12,14,17-18H,2-5,9-10H2,1H3. The molecular formula is C15H22ClNO2. The molecule has 0 heterocycles. The number of ether oxygens (including phenoxy) is 1. The first-order valence-electron chi connectivity index (χ1n) is 6.92. The van der Waals surface area contributed by atoms with Crippen LogP contribution in [0.25, 0.3) is 0 Å². The average Bonchev–Trinajstić information content (AvgIpc) is 2.93. The van der Waals surface area contributed by atoms with Crippen molar-refractivity contribution in [3.8, 4) is 5.75 Å². The number of halogens is 1. The van der Waals surface area contributed by atoms with Gasteiger partial charge in [0.15, 0.2) is 0 Å². The smallest absolute Gasteiger partial charge is 0.137 e. The number of rotatable bonds is 6. The third-order valence-corrected chi connectivity index (χ3v) is 4.14. The molecule has 1 aromatic carbocycles. The second-order valence-electron chi connectivity index (χ2n) is 5.21. The van der Waals surface area contributed by atoms with Crippen LogP contribution in [-0.2, 0) is 6.54 Å². The van der Waals surface area contributed by atoms with E-state index in [-0.39, 0.29) is 6.10 Å². The molecule has 106 valence electrons. The lowest BCUT2D eigenvalue weighted by Gasteiger charge is -2.18. The molecule has 0 radical (unpaired) electrons. The Morgan fingerprint density at radius 3 is 2.79 bits per heavy atom. The van der Waals surface area contributed by atoms with E-state index in [1.807, 2.05) is 18.2 Å². The molecule has 0 aliphatic heterocycles. The number of nitrogens with one attached hydrogen (secondary N) is 1. The third kappa shape index (κ3) is 4.10. The van der Waals surface area contributed by atoms with Crippen molar-refractivity contribution in [3.63, 3.8) is 0 Å². The Kier molecular flexibility index (Phi) is 5.49. The summed E-state index contributed by atoms with van der Waals surface area (Å²) in [6, 6.07) is 5.75. The molecule has 1 unspecified atom stereocenters. The van der Waals surface area contributed by atoms with Crippen molar-refractivity contribution < 1.29 is 9.84 Å². The van der Waals surface area contributed by atoms with Crippen LogP contribution in [0.3, 0.4) is 0 Å². The van der Waals surface area contributed by atoms with Crippen LogP contribution in [-0.4, -0.2) is 24.9 Å². The van der Waals surface area contributed by atoms with Gasteiger partial charge in [-0.15, -0.1) is 0 Å². The second-order valence-corrected chi connectivity index (χ2v) is 5.62. The molecule has 1 atom stereocenters. The van der Waals surface area contributed by atoms with Crippen LogP contribution in [0.2, 0.25) is 5.02 Å². The van der Waals surface area contributed by atoms with Crippen LogP contribution in [0.5, 0.6) is 5.75 Å². The molecule has 0 amide bonds. The molecule has 1 fully saturated rings. The van der Waals surface area contributed by atoms with Crippen LogP contribution >= 0.6 is 11.6 Å². The van der Waals surface area contributed by atoms with E-state index in [0.717, 1.165) is 18.4 Å². The maximum atomic E-state index is 10.1. The molecule has 1 aliphatic carbocycles. The number of methoxy groups -OCH3 is 1. The molecule has 0 bridgehead atoms. The van der Waals surface area contributed by atoms with E-state index in [1.165, 1.54) is 12.8 Å². The fraction of sp³-hybridized carbons (Fsp3) is 0.600. The summed E-state index contributed by atoms with van der Waals surface area (Å²) >= 11 is 6.07. The zero-order chi connectivity index (χ0) is 13.7. The predicted molar refractivity (Wildman–Crippen MR) is 77.7 cm³/mol. The summed E-state index contributed by atoms with van der Waals surface area (Å²) in [6.07, 6.45) is 4.62. The van der Waals surface area contributed by atoms with Gasteiger partial charge in [0.1, 0.15) is 5.75 Å². The van der Waals surface area contributed by atoms with Gasteiger partial charge in [0.2, 0.25) is 0 Å². The number of hydrogen-bond donors (Lipinski definition) is 2. The quantitative estimate of drug-likeness (QED) is 0.843. The van der Waals surface area contributed by atoms with E-state index in [0.29, 0.717) is 29.8 Å². The van der Waals surface area contributed by atoms with Crippen molar-refractivity contribution in [2.45, 2.75) is 38.3 Å². The number of hydrogen-bond acceptors (Lipinski definition) is 3. The number of benzene rings is 1. The zero-order valence-electron chi connectivity index (χ0n) is 11.4. The topological polar surface area (TPSA) is 41.5 Å². The zero-order valence-corrected chi connectivity index (χ0v) is 12.1. The SMILES string of the molecule is COc1ccc(CNCC(O)C2CCCC2)cc1Cl. The van der Waals surface area contributed by atoms with Gasteiger partial charge in [-0.25, -0.2) is 0 Å². The highest BCUT2D eigenvalue weighted by atomic mass is 35.5.